The molecule has 3 N–H and O–H groups in total. The maximum Gasteiger partial charge on any atom is 0.256 e. The summed E-state index contributed by atoms with van der Waals surface area (Å²) in [5, 5.41) is 3.34. The fraction of sp³-hybridized carbons (Fsp3) is 0.533. The van der Waals surface area contributed by atoms with Gasteiger partial charge in [0.2, 0.25) is 0 Å². The molecule has 0 aliphatic carbocycles. The summed E-state index contributed by atoms with van der Waals surface area (Å²) >= 11 is 0. The van der Waals surface area contributed by atoms with E-state index in [-0.39, 0.29) is 5.91 Å². The van der Waals surface area contributed by atoms with Crippen LogP contribution in [-0.2, 0) is 0 Å². The van der Waals surface area contributed by atoms with Gasteiger partial charge in [0.15, 0.2) is 0 Å². The predicted octanol–water partition coefficient (Wildman–Crippen LogP) is 2.72. The number of nitrogens with two attached hydrogens (primary N) is 1. The highest BCUT2D eigenvalue weighted by molar-refractivity contribution is 6.00. The molecule has 0 unspecified atom stereocenters. The highest BCUT2D eigenvalue weighted by Gasteiger charge is 2.21. The predicted molar refractivity (Wildman–Crippen MR) is 79.4 cm³/mol. The number of benzene rings is 1. The molecule has 1 heterocycles. The van der Waals surface area contributed by atoms with Gasteiger partial charge in [0.1, 0.15) is 0 Å². The third-order valence-corrected chi connectivity index (χ3v) is 3.51. The third kappa shape index (κ3) is 3.40. The number of nitrogen functional groups attached to an aromatic ring is 1. The lowest BCUT2D eigenvalue weighted by molar-refractivity contribution is 0.0794. The number of rotatable bonds is 5. The maximum absolute atomic E-state index is 12.5. The van der Waals surface area contributed by atoms with Crippen molar-refractivity contribution in [2.45, 2.75) is 32.6 Å². The molecule has 19 heavy (non-hydrogen) atoms. The van der Waals surface area contributed by atoms with Crippen molar-refractivity contribution >= 4 is 17.3 Å². The minimum absolute atomic E-state index is 0.101. The average Bonchev–Trinajstić information content (AvgIpc) is 2.94. The Morgan fingerprint density at radius 1 is 1.37 bits per heavy atom. The van der Waals surface area contributed by atoms with Gasteiger partial charge in [0.05, 0.1) is 5.56 Å². The standard InChI is InChI=1S/C15H23N3O/c1-2-3-8-17-14-7-6-12(16)11-13(14)15(19)18-9-4-5-10-18/h6-7,11,17H,2-5,8-10,16H2,1H3. The summed E-state index contributed by atoms with van der Waals surface area (Å²) in [6, 6.07) is 5.54. The summed E-state index contributed by atoms with van der Waals surface area (Å²) in [7, 11) is 0. The highest BCUT2D eigenvalue weighted by atomic mass is 16.2. The van der Waals surface area contributed by atoms with Gasteiger partial charge in [0, 0.05) is 31.0 Å². The SMILES string of the molecule is CCCCNc1ccc(N)cc1C(=O)N1CCCC1. The van der Waals surface area contributed by atoms with E-state index < -0.39 is 0 Å². The van der Waals surface area contributed by atoms with Gasteiger partial charge in [-0.15, -0.1) is 0 Å². The molecule has 1 saturated heterocycles. The van der Waals surface area contributed by atoms with Crippen LogP contribution >= 0.6 is 0 Å². The van der Waals surface area contributed by atoms with E-state index >= 15 is 0 Å². The molecule has 4 nitrogen and oxygen atoms in total. The number of nitrogens with one attached hydrogen (secondary N) is 1. The average molecular weight is 261 g/mol. The second-order valence-electron chi connectivity index (χ2n) is 5.08. The van der Waals surface area contributed by atoms with Crippen LogP contribution in [0.3, 0.4) is 0 Å². The molecule has 1 fully saturated rings. The van der Waals surface area contributed by atoms with E-state index in [2.05, 4.69) is 12.2 Å². The van der Waals surface area contributed by atoms with Gasteiger partial charge in [-0.1, -0.05) is 13.3 Å². The summed E-state index contributed by atoms with van der Waals surface area (Å²) < 4.78 is 0. The third-order valence-electron chi connectivity index (χ3n) is 3.51. The maximum atomic E-state index is 12.5. The molecule has 1 aliphatic rings. The molecule has 1 amide bonds. The Kier molecular flexibility index (Phi) is 4.66. The van der Waals surface area contributed by atoms with Crippen LogP contribution in [-0.4, -0.2) is 30.4 Å². The zero-order chi connectivity index (χ0) is 13.7. The van der Waals surface area contributed by atoms with Crippen LogP contribution in [0.5, 0.6) is 0 Å². The number of nitrogens with zero attached hydrogens (tertiary/aromatic N) is 1. The fourth-order valence-corrected chi connectivity index (χ4v) is 2.38. The van der Waals surface area contributed by atoms with Crippen molar-refractivity contribution in [3.8, 4) is 0 Å². The first kappa shape index (κ1) is 13.7. The summed E-state index contributed by atoms with van der Waals surface area (Å²) in [6.07, 6.45) is 4.44. The lowest BCUT2D eigenvalue weighted by Crippen LogP contribution is -2.28. The molecule has 4 heteroatoms. The van der Waals surface area contributed by atoms with E-state index in [1.807, 2.05) is 17.0 Å². The van der Waals surface area contributed by atoms with Crippen LogP contribution in [0.25, 0.3) is 0 Å². The Morgan fingerprint density at radius 2 is 2.11 bits per heavy atom. The van der Waals surface area contributed by atoms with Gasteiger partial charge < -0.3 is 16.0 Å². The molecule has 1 aliphatic heterocycles. The van der Waals surface area contributed by atoms with Crippen molar-refractivity contribution in [2.24, 2.45) is 0 Å². The number of amides is 1. The zero-order valence-electron chi connectivity index (χ0n) is 11.6. The number of likely N-dealkylation sites (tertiary alicyclic amines) is 1. The molecular formula is C15H23N3O. The van der Waals surface area contributed by atoms with Crippen LogP contribution < -0.4 is 11.1 Å². The second kappa shape index (κ2) is 6.45. The number of hydrogen-bond acceptors (Lipinski definition) is 3. The van der Waals surface area contributed by atoms with Crippen molar-refractivity contribution in [3.63, 3.8) is 0 Å². The molecule has 0 atom stereocenters. The van der Waals surface area contributed by atoms with Crippen LogP contribution in [0.1, 0.15) is 43.0 Å². The molecule has 1 aromatic carbocycles. The molecule has 0 aromatic heterocycles. The number of carbonyl (C=O) groups is 1. The van der Waals surface area contributed by atoms with Crippen molar-refractivity contribution in [1.29, 1.82) is 0 Å². The summed E-state index contributed by atoms with van der Waals surface area (Å²) in [5.74, 6) is 0.101. The van der Waals surface area contributed by atoms with Gasteiger partial charge in [-0.05, 0) is 37.5 Å². The van der Waals surface area contributed by atoms with Gasteiger partial charge in [-0.2, -0.15) is 0 Å². The minimum atomic E-state index is 0.101. The quantitative estimate of drug-likeness (QED) is 0.633. The van der Waals surface area contributed by atoms with E-state index in [4.69, 9.17) is 5.73 Å². The number of unbranched alkanes of at least 4 members (excludes halogenated alkanes) is 1. The van der Waals surface area contributed by atoms with Crippen molar-refractivity contribution < 1.29 is 4.79 Å². The summed E-state index contributed by atoms with van der Waals surface area (Å²) in [5.41, 5.74) is 8.07. The molecule has 1 aromatic rings. The van der Waals surface area contributed by atoms with Crippen LogP contribution in [0.4, 0.5) is 11.4 Å². The van der Waals surface area contributed by atoms with Crippen LogP contribution in [0, 0.1) is 0 Å². The first-order valence-electron chi connectivity index (χ1n) is 7.15. The molecular weight excluding hydrogens is 238 g/mol. The van der Waals surface area contributed by atoms with Gasteiger partial charge in [0.25, 0.3) is 5.91 Å². The largest absolute Gasteiger partial charge is 0.399 e. The molecule has 2 rings (SSSR count). The molecule has 0 saturated carbocycles. The van der Waals surface area contributed by atoms with Crippen molar-refractivity contribution in [1.82, 2.24) is 4.90 Å². The number of hydrogen-bond donors (Lipinski definition) is 2. The summed E-state index contributed by atoms with van der Waals surface area (Å²) in [6.45, 7) is 4.77. The lowest BCUT2D eigenvalue weighted by Gasteiger charge is -2.18. The summed E-state index contributed by atoms with van der Waals surface area (Å²) in [4.78, 5) is 14.4. The highest BCUT2D eigenvalue weighted by Crippen LogP contribution is 2.22. The lowest BCUT2D eigenvalue weighted by atomic mass is 10.1. The smallest absolute Gasteiger partial charge is 0.256 e. The van der Waals surface area contributed by atoms with Crippen molar-refractivity contribution in [3.05, 3.63) is 23.8 Å². The molecule has 0 bridgehead atoms. The number of carbonyl (C=O) groups excluding carboxylic acids is 1. The Balaban J connectivity index is 2.16. The molecule has 104 valence electrons. The van der Waals surface area contributed by atoms with E-state index in [9.17, 15) is 4.79 Å². The Labute approximate surface area is 115 Å². The Morgan fingerprint density at radius 3 is 2.79 bits per heavy atom. The first-order chi connectivity index (χ1) is 9.22. The fourth-order valence-electron chi connectivity index (χ4n) is 2.38. The van der Waals surface area contributed by atoms with Gasteiger partial charge in [-0.25, -0.2) is 0 Å². The normalized spacial score (nSPS) is 14.7. The van der Waals surface area contributed by atoms with E-state index in [0.717, 1.165) is 51.0 Å². The van der Waals surface area contributed by atoms with Gasteiger partial charge >= 0.3 is 0 Å². The Bertz CT molecular complexity index is 439. The van der Waals surface area contributed by atoms with Crippen molar-refractivity contribution in [2.75, 3.05) is 30.7 Å². The monoisotopic (exact) mass is 261 g/mol. The van der Waals surface area contributed by atoms with Crippen LogP contribution in [0.2, 0.25) is 0 Å². The second-order valence-corrected chi connectivity index (χ2v) is 5.08. The van der Waals surface area contributed by atoms with E-state index in [1.54, 1.807) is 6.07 Å². The Hall–Kier alpha value is -1.71. The first-order valence-corrected chi connectivity index (χ1v) is 7.15. The molecule has 0 radical (unpaired) electrons. The zero-order valence-corrected chi connectivity index (χ0v) is 11.6. The van der Waals surface area contributed by atoms with E-state index in [0.29, 0.717) is 11.3 Å². The number of anilines is 2. The molecule has 0 spiro atoms. The topological polar surface area (TPSA) is 58.4 Å². The minimum Gasteiger partial charge on any atom is -0.399 e. The van der Waals surface area contributed by atoms with Crippen LogP contribution in [0.15, 0.2) is 18.2 Å². The van der Waals surface area contributed by atoms with E-state index in [1.165, 1.54) is 0 Å². The van der Waals surface area contributed by atoms with Gasteiger partial charge in [-0.3, -0.25) is 4.79 Å².